The van der Waals surface area contributed by atoms with Gasteiger partial charge in [0, 0.05) is 11.6 Å². The molecule has 0 aliphatic carbocycles. The number of benzene rings is 1. The van der Waals surface area contributed by atoms with Crippen molar-refractivity contribution >= 4 is 0 Å². The van der Waals surface area contributed by atoms with Gasteiger partial charge in [0.25, 0.3) is 0 Å². The lowest BCUT2D eigenvalue weighted by Gasteiger charge is -2.06. The first-order valence-corrected chi connectivity index (χ1v) is 6.05. The molecular weight excluding hydrogens is 210 g/mol. The van der Waals surface area contributed by atoms with E-state index < -0.39 is 0 Å². The van der Waals surface area contributed by atoms with Crippen molar-refractivity contribution in [1.82, 2.24) is 4.98 Å². The molecule has 0 atom stereocenters. The maximum atomic E-state index is 5.60. The summed E-state index contributed by atoms with van der Waals surface area (Å²) < 4.78 is 5.60. The molecule has 0 saturated heterocycles. The summed E-state index contributed by atoms with van der Waals surface area (Å²) in [5.74, 6) is 0.708. The SMILES string of the molecule is CCCCOc1cccc(-c2ccccc2)n1. The molecule has 0 fully saturated rings. The number of nitrogens with zero attached hydrogens (tertiary/aromatic N) is 1. The van der Waals surface area contributed by atoms with Gasteiger partial charge in [-0.05, 0) is 12.5 Å². The molecule has 1 heterocycles. The van der Waals surface area contributed by atoms with Gasteiger partial charge in [0.05, 0.1) is 12.3 Å². The monoisotopic (exact) mass is 227 g/mol. The molecule has 1 aromatic carbocycles. The minimum atomic E-state index is 0.708. The van der Waals surface area contributed by atoms with Gasteiger partial charge in [0.15, 0.2) is 0 Å². The minimum absolute atomic E-state index is 0.708. The Hall–Kier alpha value is -1.83. The van der Waals surface area contributed by atoms with Crippen LogP contribution in [0.4, 0.5) is 0 Å². The smallest absolute Gasteiger partial charge is 0.213 e. The van der Waals surface area contributed by atoms with Crippen LogP contribution in [0.25, 0.3) is 11.3 Å². The second kappa shape index (κ2) is 6.04. The molecule has 2 heteroatoms. The quantitative estimate of drug-likeness (QED) is 0.722. The number of pyridine rings is 1. The minimum Gasteiger partial charge on any atom is -0.478 e. The summed E-state index contributed by atoms with van der Waals surface area (Å²) in [6, 6.07) is 16.0. The van der Waals surface area contributed by atoms with Crippen molar-refractivity contribution in [2.24, 2.45) is 0 Å². The third kappa shape index (κ3) is 3.31. The van der Waals surface area contributed by atoms with Crippen molar-refractivity contribution in [2.75, 3.05) is 6.61 Å². The average molecular weight is 227 g/mol. The highest BCUT2D eigenvalue weighted by Crippen LogP contribution is 2.19. The Morgan fingerprint density at radius 1 is 1.00 bits per heavy atom. The van der Waals surface area contributed by atoms with Gasteiger partial charge in [-0.25, -0.2) is 4.98 Å². The highest BCUT2D eigenvalue weighted by Gasteiger charge is 2.00. The van der Waals surface area contributed by atoms with Gasteiger partial charge in [-0.3, -0.25) is 0 Å². The summed E-state index contributed by atoms with van der Waals surface area (Å²) in [5, 5.41) is 0. The van der Waals surface area contributed by atoms with Gasteiger partial charge < -0.3 is 4.74 Å². The van der Waals surface area contributed by atoms with Crippen LogP contribution in [-0.2, 0) is 0 Å². The van der Waals surface area contributed by atoms with Crippen molar-refractivity contribution in [3.8, 4) is 17.1 Å². The molecule has 0 saturated carbocycles. The Labute approximate surface area is 102 Å². The predicted molar refractivity (Wildman–Crippen MR) is 70.1 cm³/mol. The number of unbranched alkanes of at least 4 members (excludes halogenated alkanes) is 1. The zero-order valence-electron chi connectivity index (χ0n) is 10.1. The van der Waals surface area contributed by atoms with E-state index in [1.54, 1.807) is 0 Å². The van der Waals surface area contributed by atoms with E-state index in [9.17, 15) is 0 Å². The summed E-state index contributed by atoms with van der Waals surface area (Å²) >= 11 is 0. The van der Waals surface area contributed by atoms with E-state index in [2.05, 4.69) is 24.0 Å². The second-order valence-electron chi connectivity index (χ2n) is 3.93. The van der Waals surface area contributed by atoms with Crippen molar-refractivity contribution in [1.29, 1.82) is 0 Å². The van der Waals surface area contributed by atoms with Gasteiger partial charge in [-0.1, -0.05) is 49.7 Å². The number of aromatic nitrogens is 1. The van der Waals surface area contributed by atoms with Crippen molar-refractivity contribution in [3.05, 3.63) is 48.5 Å². The first-order valence-electron chi connectivity index (χ1n) is 6.05. The maximum Gasteiger partial charge on any atom is 0.213 e. The van der Waals surface area contributed by atoms with Crippen LogP contribution in [0.2, 0.25) is 0 Å². The van der Waals surface area contributed by atoms with E-state index in [1.807, 2.05) is 36.4 Å². The molecule has 0 N–H and O–H groups in total. The van der Waals surface area contributed by atoms with Crippen molar-refractivity contribution in [2.45, 2.75) is 19.8 Å². The molecule has 88 valence electrons. The zero-order chi connectivity index (χ0) is 11.9. The summed E-state index contributed by atoms with van der Waals surface area (Å²) in [4.78, 5) is 4.49. The van der Waals surface area contributed by atoms with Crippen LogP contribution in [0.5, 0.6) is 5.88 Å². The Bertz CT molecular complexity index is 453. The molecule has 0 aliphatic rings. The molecule has 0 aliphatic heterocycles. The van der Waals surface area contributed by atoms with Gasteiger partial charge in [-0.2, -0.15) is 0 Å². The van der Waals surface area contributed by atoms with Crippen LogP contribution >= 0.6 is 0 Å². The van der Waals surface area contributed by atoms with E-state index >= 15 is 0 Å². The lowest BCUT2D eigenvalue weighted by atomic mass is 10.1. The molecule has 2 aromatic rings. The van der Waals surface area contributed by atoms with E-state index in [0.717, 1.165) is 30.7 Å². The number of hydrogen-bond donors (Lipinski definition) is 0. The molecule has 0 bridgehead atoms. The first kappa shape index (κ1) is 11.6. The topological polar surface area (TPSA) is 22.1 Å². The first-order chi connectivity index (χ1) is 8.40. The molecule has 2 rings (SSSR count). The zero-order valence-corrected chi connectivity index (χ0v) is 10.1. The molecule has 1 aromatic heterocycles. The molecule has 0 unspecified atom stereocenters. The second-order valence-corrected chi connectivity index (χ2v) is 3.93. The summed E-state index contributed by atoms with van der Waals surface area (Å²) in [6.45, 7) is 2.89. The average Bonchev–Trinajstić information content (AvgIpc) is 2.41. The largest absolute Gasteiger partial charge is 0.478 e. The van der Waals surface area contributed by atoms with Crippen LogP contribution in [0.1, 0.15) is 19.8 Å². The fourth-order valence-corrected chi connectivity index (χ4v) is 1.59. The van der Waals surface area contributed by atoms with Crippen molar-refractivity contribution < 1.29 is 4.74 Å². The summed E-state index contributed by atoms with van der Waals surface area (Å²) in [7, 11) is 0. The molecular formula is C15H17NO. The molecule has 0 radical (unpaired) electrons. The lowest BCUT2D eigenvalue weighted by molar-refractivity contribution is 0.298. The standard InChI is InChI=1S/C15H17NO/c1-2-3-12-17-15-11-7-10-14(16-15)13-8-5-4-6-9-13/h4-11H,2-3,12H2,1H3. The fourth-order valence-electron chi connectivity index (χ4n) is 1.59. The van der Waals surface area contributed by atoms with Crippen LogP contribution in [0, 0.1) is 0 Å². The van der Waals surface area contributed by atoms with E-state index in [1.165, 1.54) is 0 Å². The van der Waals surface area contributed by atoms with Crippen molar-refractivity contribution in [3.63, 3.8) is 0 Å². The summed E-state index contributed by atoms with van der Waals surface area (Å²) in [6.07, 6.45) is 2.20. The molecule has 2 nitrogen and oxygen atoms in total. The van der Waals surface area contributed by atoms with E-state index in [-0.39, 0.29) is 0 Å². The number of hydrogen-bond acceptors (Lipinski definition) is 2. The summed E-state index contributed by atoms with van der Waals surface area (Å²) in [5.41, 5.74) is 2.08. The normalized spacial score (nSPS) is 10.2. The predicted octanol–water partition coefficient (Wildman–Crippen LogP) is 3.93. The Morgan fingerprint density at radius 2 is 1.82 bits per heavy atom. The van der Waals surface area contributed by atoms with Gasteiger partial charge in [0.2, 0.25) is 5.88 Å². The van der Waals surface area contributed by atoms with Gasteiger partial charge in [-0.15, -0.1) is 0 Å². The maximum absolute atomic E-state index is 5.60. The Kier molecular flexibility index (Phi) is 4.14. The Balaban J connectivity index is 2.12. The molecule has 0 spiro atoms. The van der Waals surface area contributed by atoms with Gasteiger partial charge >= 0.3 is 0 Å². The van der Waals surface area contributed by atoms with E-state index in [0.29, 0.717) is 5.88 Å². The lowest BCUT2D eigenvalue weighted by Crippen LogP contribution is -1.98. The molecule has 0 amide bonds. The third-order valence-corrected chi connectivity index (χ3v) is 2.54. The van der Waals surface area contributed by atoms with Gasteiger partial charge in [0.1, 0.15) is 0 Å². The Morgan fingerprint density at radius 3 is 2.59 bits per heavy atom. The van der Waals surface area contributed by atoms with Crippen LogP contribution < -0.4 is 4.74 Å². The van der Waals surface area contributed by atoms with Crippen LogP contribution in [0.3, 0.4) is 0 Å². The fraction of sp³-hybridized carbons (Fsp3) is 0.267. The third-order valence-electron chi connectivity index (χ3n) is 2.54. The number of rotatable bonds is 5. The van der Waals surface area contributed by atoms with E-state index in [4.69, 9.17) is 4.74 Å². The van der Waals surface area contributed by atoms with Crippen LogP contribution in [0.15, 0.2) is 48.5 Å². The van der Waals surface area contributed by atoms with Crippen LogP contribution in [-0.4, -0.2) is 11.6 Å². The highest BCUT2D eigenvalue weighted by molar-refractivity contribution is 5.59. The highest BCUT2D eigenvalue weighted by atomic mass is 16.5. The number of ether oxygens (including phenoxy) is 1. The molecule has 17 heavy (non-hydrogen) atoms.